The highest BCUT2D eigenvalue weighted by Gasteiger charge is 2.17. The van der Waals surface area contributed by atoms with Crippen molar-refractivity contribution in [2.75, 3.05) is 5.32 Å². The Morgan fingerprint density at radius 3 is 2.58 bits per heavy atom. The summed E-state index contributed by atoms with van der Waals surface area (Å²) in [6.07, 6.45) is 0. The molecule has 1 N–H and O–H groups in total. The first-order valence-electron chi connectivity index (χ1n) is 7.94. The quantitative estimate of drug-likeness (QED) is 0.587. The molecule has 4 aromatic rings. The molecule has 0 saturated carbocycles. The van der Waals surface area contributed by atoms with E-state index >= 15 is 0 Å². The molecule has 6 nitrogen and oxygen atoms in total. The van der Waals surface area contributed by atoms with E-state index in [2.05, 4.69) is 25.8 Å². The minimum Gasteiger partial charge on any atom is -0.337 e. The van der Waals surface area contributed by atoms with Crippen LogP contribution in [0, 0.1) is 12.7 Å². The molecular weight excluding hydrogens is 355 g/mol. The van der Waals surface area contributed by atoms with E-state index in [4.69, 9.17) is 11.6 Å². The molecule has 0 fully saturated rings. The molecule has 0 bridgehead atoms. The highest BCUT2D eigenvalue weighted by Crippen LogP contribution is 2.27. The van der Waals surface area contributed by atoms with Gasteiger partial charge in [0.25, 0.3) is 0 Å². The van der Waals surface area contributed by atoms with E-state index in [0.717, 1.165) is 11.3 Å². The molecule has 0 aliphatic rings. The molecule has 0 radical (unpaired) electrons. The lowest BCUT2D eigenvalue weighted by Gasteiger charge is -2.07. The normalized spacial score (nSPS) is 11.0. The lowest BCUT2D eigenvalue weighted by Crippen LogP contribution is -2.05. The van der Waals surface area contributed by atoms with Crippen molar-refractivity contribution in [1.82, 2.24) is 25.2 Å². The predicted molar refractivity (Wildman–Crippen MR) is 98.1 cm³/mol. The Labute approximate surface area is 153 Å². The lowest BCUT2D eigenvalue weighted by molar-refractivity contribution is 0.583. The number of halogens is 2. The van der Waals surface area contributed by atoms with Crippen LogP contribution in [-0.2, 0) is 6.54 Å². The molecule has 0 aliphatic carbocycles. The van der Waals surface area contributed by atoms with Crippen molar-refractivity contribution in [2.24, 2.45) is 0 Å². The van der Waals surface area contributed by atoms with Gasteiger partial charge in [0.2, 0.25) is 0 Å². The van der Waals surface area contributed by atoms with Crippen molar-refractivity contribution in [3.05, 3.63) is 70.6 Å². The number of nitrogens with zero attached hydrogens (tertiary/aromatic N) is 5. The standard InChI is InChI=1S/C18H14ClFN6/c1-11-6-8-13(9-7-11)21-18-15-16(17(19)23-24-18)26(25-22-15)10-12-4-2-3-5-14(12)20/h2-9H,10H2,1H3,(H,21,24). The van der Waals surface area contributed by atoms with Crippen LogP contribution >= 0.6 is 11.6 Å². The number of anilines is 2. The molecule has 0 aliphatic heterocycles. The van der Waals surface area contributed by atoms with Gasteiger partial charge in [-0.3, -0.25) is 0 Å². The first kappa shape index (κ1) is 16.4. The third-order valence-corrected chi connectivity index (χ3v) is 4.24. The maximum atomic E-state index is 13.9. The zero-order chi connectivity index (χ0) is 18.1. The van der Waals surface area contributed by atoms with Crippen molar-refractivity contribution in [3.63, 3.8) is 0 Å². The fourth-order valence-corrected chi connectivity index (χ4v) is 2.85. The van der Waals surface area contributed by atoms with Gasteiger partial charge in [0.05, 0.1) is 6.54 Å². The second kappa shape index (κ2) is 6.68. The van der Waals surface area contributed by atoms with Crippen LogP contribution in [0.15, 0.2) is 48.5 Å². The van der Waals surface area contributed by atoms with Gasteiger partial charge in [0.15, 0.2) is 16.5 Å². The molecule has 2 heterocycles. The molecule has 4 rings (SSSR count). The zero-order valence-corrected chi connectivity index (χ0v) is 14.6. The lowest BCUT2D eigenvalue weighted by atomic mass is 10.2. The fourth-order valence-electron chi connectivity index (χ4n) is 2.62. The summed E-state index contributed by atoms with van der Waals surface area (Å²) >= 11 is 6.21. The van der Waals surface area contributed by atoms with E-state index in [1.165, 1.54) is 10.7 Å². The molecular formula is C18H14ClFN6. The number of fused-ring (bicyclic) bond motifs is 1. The molecule has 2 aromatic heterocycles. The fraction of sp³-hybridized carbons (Fsp3) is 0.111. The number of hydrogen-bond acceptors (Lipinski definition) is 5. The van der Waals surface area contributed by atoms with Crippen LogP contribution < -0.4 is 5.32 Å². The first-order chi connectivity index (χ1) is 12.6. The van der Waals surface area contributed by atoms with Gasteiger partial charge >= 0.3 is 0 Å². The van der Waals surface area contributed by atoms with Crippen molar-refractivity contribution < 1.29 is 4.39 Å². The van der Waals surface area contributed by atoms with Gasteiger partial charge in [0.1, 0.15) is 11.3 Å². The van der Waals surface area contributed by atoms with Gasteiger partial charge < -0.3 is 5.32 Å². The number of hydrogen-bond donors (Lipinski definition) is 1. The van der Waals surface area contributed by atoms with Gasteiger partial charge in [-0.05, 0) is 25.1 Å². The van der Waals surface area contributed by atoms with Gasteiger partial charge in [-0.2, -0.15) is 0 Å². The van der Waals surface area contributed by atoms with E-state index in [-0.39, 0.29) is 17.5 Å². The van der Waals surface area contributed by atoms with Gasteiger partial charge in [-0.15, -0.1) is 15.3 Å². The van der Waals surface area contributed by atoms with Gasteiger partial charge in [-0.25, -0.2) is 9.07 Å². The Balaban J connectivity index is 1.73. The second-order valence-corrected chi connectivity index (χ2v) is 6.22. The Bertz CT molecular complexity index is 1080. The average Bonchev–Trinajstić information content (AvgIpc) is 3.06. The molecule has 0 atom stereocenters. The monoisotopic (exact) mass is 368 g/mol. The van der Waals surface area contributed by atoms with Crippen LogP contribution in [0.25, 0.3) is 11.0 Å². The third kappa shape index (κ3) is 3.09. The van der Waals surface area contributed by atoms with Crippen molar-refractivity contribution in [2.45, 2.75) is 13.5 Å². The summed E-state index contributed by atoms with van der Waals surface area (Å²) in [5, 5.41) is 19.7. The number of aromatic nitrogens is 5. The zero-order valence-electron chi connectivity index (χ0n) is 13.8. The molecule has 0 spiro atoms. The summed E-state index contributed by atoms with van der Waals surface area (Å²) in [7, 11) is 0. The summed E-state index contributed by atoms with van der Waals surface area (Å²) in [6, 6.07) is 14.3. The topological polar surface area (TPSA) is 68.5 Å². The maximum absolute atomic E-state index is 13.9. The van der Waals surface area contributed by atoms with Crippen molar-refractivity contribution in [1.29, 1.82) is 0 Å². The first-order valence-corrected chi connectivity index (χ1v) is 8.32. The van der Waals surface area contributed by atoms with Crippen LogP contribution in [-0.4, -0.2) is 25.2 Å². The Hall–Kier alpha value is -3.06. The van der Waals surface area contributed by atoms with Crippen LogP contribution in [0.3, 0.4) is 0 Å². The van der Waals surface area contributed by atoms with Crippen molar-refractivity contribution in [3.8, 4) is 0 Å². The Morgan fingerprint density at radius 1 is 1.04 bits per heavy atom. The van der Waals surface area contributed by atoms with Crippen LogP contribution in [0.1, 0.15) is 11.1 Å². The van der Waals surface area contributed by atoms with E-state index in [1.807, 2.05) is 31.2 Å². The summed E-state index contributed by atoms with van der Waals surface area (Å²) in [6.45, 7) is 2.21. The third-order valence-electron chi connectivity index (χ3n) is 3.98. The van der Waals surface area contributed by atoms with E-state index in [9.17, 15) is 4.39 Å². The summed E-state index contributed by atoms with van der Waals surface area (Å²) in [5.74, 6) is 0.125. The Morgan fingerprint density at radius 2 is 1.81 bits per heavy atom. The highest BCUT2D eigenvalue weighted by molar-refractivity contribution is 6.33. The van der Waals surface area contributed by atoms with Gasteiger partial charge in [0, 0.05) is 11.3 Å². The predicted octanol–water partition coefficient (Wildman–Crippen LogP) is 4.11. The smallest absolute Gasteiger partial charge is 0.183 e. The number of rotatable bonds is 4. The van der Waals surface area contributed by atoms with Crippen molar-refractivity contribution >= 4 is 34.1 Å². The maximum Gasteiger partial charge on any atom is 0.183 e. The average molecular weight is 369 g/mol. The SMILES string of the molecule is Cc1ccc(Nc2nnc(Cl)c3c2nnn3Cc2ccccc2F)cc1. The van der Waals surface area contributed by atoms with E-state index in [1.54, 1.807) is 18.2 Å². The summed E-state index contributed by atoms with van der Waals surface area (Å²) < 4.78 is 15.5. The van der Waals surface area contributed by atoms with Crippen LogP contribution in [0.5, 0.6) is 0 Å². The molecule has 2 aromatic carbocycles. The molecule has 26 heavy (non-hydrogen) atoms. The highest BCUT2D eigenvalue weighted by atomic mass is 35.5. The molecule has 8 heteroatoms. The molecule has 0 amide bonds. The number of nitrogens with one attached hydrogen (secondary N) is 1. The molecule has 0 unspecified atom stereocenters. The van der Waals surface area contributed by atoms with Gasteiger partial charge in [-0.1, -0.05) is 52.7 Å². The largest absolute Gasteiger partial charge is 0.337 e. The second-order valence-electron chi connectivity index (χ2n) is 5.87. The summed E-state index contributed by atoms with van der Waals surface area (Å²) in [5.41, 5.74) is 3.46. The number of benzene rings is 2. The van der Waals surface area contributed by atoms with Crippen LogP contribution in [0.2, 0.25) is 5.15 Å². The molecule has 130 valence electrons. The minimum absolute atomic E-state index is 0.163. The summed E-state index contributed by atoms with van der Waals surface area (Å²) in [4.78, 5) is 0. The van der Waals surface area contributed by atoms with Crippen LogP contribution in [0.4, 0.5) is 15.9 Å². The Kier molecular flexibility index (Phi) is 4.22. The minimum atomic E-state index is -0.313. The van der Waals surface area contributed by atoms with E-state index < -0.39 is 0 Å². The molecule has 0 saturated heterocycles. The van der Waals surface area contributed by atoms with E-state index in [0.29, 0.717) is 22.4 Å². The number of aryl methyl sites for hydroxylation is 1.